The summed E-state index contributed by atoms with van der Waals surface area (Å²) in [6.45, 7) is 9.29. The number of rotatable bonds is 3. The highest BCUT2D eigenvalue weighted by atomic mass is 16.5. The second-order valence-corrected chi connectivity index (χ2v) is 8.49. The molecular formula is C21H31N5O3. The Bertz CT molecular complexity index is 785. The molecule has 1 atom stereocenters. The first kappa shape index (κ1) is 20.1. The Morgan fingerprint density at radius 1 is 1.07 bits per heavy atom. The van der Waals surface area contributed by atoms with Gasteiger partial charge in [-0.1, -0.05) is 0 Å². The number of hydrogen-bond acceptors (Lipinski definition) is 6. The Kier molecular flexibility index (Phi) is 5.72. The minimum Gasteiger partial charge on any atom is -0.378 e. The molecule has 3 aliphatic rings. The van der Waals surface area contributed by atoms with Crippen molar-refractivity contribution < 1.29 is 14.3 Å². The zero-order chi connectivity index (χ0) is 20.5. The van der Waals surface area contributed by atoms with Crippen LogP contribution in [0.4, 0.5) is 5.82 Å². The van der Waals surface area contributed by atoms with E-state index in [0.29, 0.717) is 26.1 Å². The van der Waals surface area contributed by atoms with Crippen molar-refractivity contribution in [1.82, 2.24) is 19.8 Å². The van der Waals surface area contributed by atoms with Crippen molar-refractivity contribution in [1.29, 1.82) is 0 Å². The lowest BCUT2D eigenvalue weighted by atomic mass is 9.94. The van der Waals surface area contributed by atoms with Crippen LogP contribution in [0.2, 0.25) is 0 Å². The van der Waals surface area contributed by atoms with Crippen LogP contribution in [0.25, 0.3) is 0 Å². The maximum atomic E-state index is 12.8. The number of nitrogens with zero attached hydrogens (tertiary/aromatic N) is 5. The van der Waals surface area contributed by atoms with Crippen molar-refractivity contribution in [3.63, 3.8) is 0 Å². The van der Waals surface area contributed by atoms with E-state index in [9.17, 15) is 9.59 Å². The number of hydrogen-bond donors (Lipinski definition) is 0. The zero-order valence-electron chi connectivity index (χ0n) is 17.7. The molecule has 8 nitrogen and oxygen atoms in total. The molecule has 0 radical (unpaired) electrons. The first-order chi connectivity index (χ1) is 13.9. The summed E-state index contributed by atoms with van der Waals surface area (Å²) in [7, 11) is 1.77. The first-order valence-corrected chi connectivity index (χ1v) is 10.6. The van der Waals surface area contributed by atoms with Crippen molar-refractivity contribution in [3.05, 3.63) is 17.1 Å². The third-order valence-electron chi connectivity index (χ3n) is 6.55. The normalized spacial score (nSPS) is 23.8. The van der Waals surface area contributed by atoms with Crippen LogP contribution in [-0.4, -0.2) is 84.6 Å². The molecule has 0 aliphatic carbocycles. The molecule has 4 rings (SSSR count). The second-order valence-electron chi connectivity index (χ2n) is 8.49. The van der Waals surface area contributed by atoms with Gasteiger partial charge in [0.25, 0.3) is 0 Å². The molecule has 0 spiro atoms. The molecule has 0 bridgehead atoms. The zero-order valence-corrected chi connectivity index (χ0v) is 17.7. The number of aryl methyl sites for hydroxylation is 1. The maximum Gasteiger partial charge on any atom is 0.227 e. The molecule has 0 N–H and O–H groups in total. The number of carbonyl (C=O) groups is 2. The van der Waals surface area contributed by atoms with Gasteiger partial charge in [-0.25, -0.2) is 9.97 Å². The Hall–Kier alpha value is -2.22. The van der Waals surface area contributed by atoms with Gasteiger partial charge in [-0.3, -0.25) is 9.59 Å². The van der Waals surface area contributed by atoms with Gasteiger partial charge >= 0.3 is 0 Å². The lowest BCUT2D eigenvalue weighted by Crippen LogP contribution is -2.42. The summed E-state index contributed by atoms with van der Waals surface area (Å²) in [4.78, 5) is 40.2. The molecule has 0 aromatic carbocycles. The minimum absolute atomic E-state index is 0.0670. The summed E-state index contributed by atoms with van der Waals surface area (Å²) < 4.78 is 5.48. The Morgan fingerprint density at radius 2 is 1.76 bits per heavy atom. The lowest BCUT2D eigenvalue weighted by molar-refractivity contribution is -0.136. The van der Waals surface area contributed by atoms with Crippen LogP contribution in [0.1, 0.15) is 42.3 Å². The van der Waals surface area contributed by atoms with E-state index in [-0.39, 0.29) is 23.7 Å². The number of piperidine rings is 1. The van der Waals surface area contributed by atoms with Gasteiger partial charge < -0.3 is 19.4 Å². The van der Waals surface area contributed by atoms with E-state index >= 15 is 0 Å². The molecule has 158 valence electrons. The van der Waals surface area contributed by atoms with Crippen LogP contribution in [0.15, 0.2) is 0 Å². The molecule has 3 aliphatic heterocycles. The minimum atomic E-state index is -0.185. The van der Waals surface area contributed by atoms with Crippen molar-refractivity contribution in [3.8, 4) is 0 Å². The summed E-state index contributed by atoms with van der Waals surface area (Å²) in [5, 5.41) is 0. The highest BCUT2D eigenvalue weighted by Crippen LogP contribution is 2.30. The topological polar surface area (TPSA) is 78.9 Å². The van der Waals surface area contributed by atoms with Crippen LogP contribution in [-0.2, 0) is 14.3 Å². The quantitative estimate of drug-likeness (QED) is 0.755. The number of likely N-dealkylation sites (tertiary alicyclic amines) is 2. The third-order valence-corrected chi connectivity index (χ3v) is 6.55. The molecule has 4 heterocycles. The third kappa shape index (κ3) is 4.08. The van der Waals surface area contributed by atoms with Crippen LogP contribution in [0, 0.1) is 19.8 Å². The Morgan fingerprint density at radius 3 is 2.38 bits per heavy atom. The predicted molar refractivity (Wildman–Crippen MR) is 109 cm³/mol. The van der Waals surface area contributed by atoms with Gasteiger partial charge in [-0.15, -0.1) is 0 Å². The second kappa shape index (κ2) is 8.26. The fraction of sp³-hybridized carbons (Fsp3) is 0.714. The van der Waals surface area contributed by atoms with Crippen LogP contribution in [0.3, 0.4) is 0 Å². The van der Waals surface area contributed by atoms with E-state index in [1.807, 2.05) is 4.90 Å². The van der Waals surface area contributed by atoms with Gasteiger partial charge in [-0.05, 0) is 26.7 Å². The SMILES string of the molecule is Cc1nc(C2CCN(C(=O)C3CC(=O)N(C)C3)CC2)nc(N2CCOCC2)c1C. The van der Waals surface area contributed by atoms with Gasteiger partial charge in [0.2, 0.25) is 11.8 Å². The Balaban J connectivity index is 1.42. The molecule has 3 fully saturated rings. The van der Waals surface area contributed by atoms with Crippen LogP contribution in [0.5, 0.6) is 0 Å². The summed E-state index contributed by atoms with van der Waals surface area (Å²) in [5.41, 5.74) is 2.17. The number of aromatic nitrogens is 2. The standard InChI is InChI=1S/C21H31N5O3/c1-14-15(2)22-19(23-20(14)25-8-10-29-11-9-25)16-4-6-26(7-5-16)21(28)17-12-18(27)24(3)13-17/h16-17H,4-13H2,1-3H3. The molecule has 1 aromatic heterocycles. The van der Waals surface area contributed by atoms with Gasteiger partial charge in [-0.2, -0.15) is 0 Å². The highest BCUT2D eigenvalue weighted by Gasteiger charge is 2.36. The van der Waals surface area contributed by atoms with Crippen molar-refractivity contribution in [2.75, 3.05) is 57.9 Å². The largest absolute Gasteiger partial charge is 0.378 e. The predicted octanol–water partition coefficient (Wildman–Crippen LogP) is 1.11. The van der Waals surface area contributed by atoms with E-state index in [4.69, 9.17) is 14.7 Å². The fourth-order valence-corrected chi connectivity index (χ4v) is 4.55. The average molecular weight is 402 g/mol. The van der Waals surface area contributed by atoms with Crippen molar-refractivity contribution >= 4 is 17.6 Å². The van der Waals surface area contributed by atoms with Gasteiger partial charge in [0.1, 0.15) is 11.6 Å². The first-order valence-electron chi connectivity index (χ1n) is 10.6. The van der Waals surface area contributed by atoms with Crippen molar-refractivity contribution in [2.45, 2.75) is 39.0 Å². The molecular weight excluding hydrogens is 370 g/mol. The van der Waals surface area contributed by atoms with Gasteiger partial charge in [0, 0.05) is 63.4 Å². The van der Waals surface area contributed by atoms with Gasteiger partial charge in [0.15, 0.2) is 0 Å². The van der Waals surface area contributed by atoms with Crippen LogP contribution < -0.4 is 4.90 Å². The monoisotopic (exact) mass is 401 g/mol. The van der Waals surface area contributed by atoms with Crippen molar-refractivity contribution in [2.24, 2.45) is 5.92 Å². The fourth-order valence-electron chi connectivity index (χ4n) is 4.55. The number of carbonyl (C=O) groups excluding carboxylic acids is 2. The van der Waals surface area contributed by atoms with E-state index in [2.05, 4.69) is 18.7 Å². The maximum absolute atomic E-state index is 12.8. The summed E-state index contributed by atoms with van der Waals surface area (Å²) in [6.07, 6.45) is 2.08. The molecule has 3 saturated heterocycles. The average Bonchev–Trinajstić information content (AvgIpc) is 3.08. The van der Waals surface area contributed by atoms with Gasteiger partial charge in [0.05, 0.1) is 19.1 Å². The smallest absolute Gasteiger partial charge is 0.227 e. The number of anilines is 1. The van der Waals surface area contributed by atoms with E-state index < -0.39 is 0 Å². The molecule has 8 heteroatoms. The summed E-state index contributed by atoms with van der Waals surface area (Å²) >= 11 is 0. The van der Waals surface area contributed by atoms with Crippen LogP contribution >= 0.6 is 0 Å². The Labute approximate surface area is 172 Å². The molecule has 29 heavy (non-hydrogen) atoms. The lowest BCUT2D eigenvalue weighted by Gasteiger charge is -2.34. The number of morpholine rings is 1. The van der Waals surface area contributed by atoms with E-state index in [0.717, 1.165) is 62.0 Å². The molecule has 2 amide bonds. The summed E-state index contributed by atoms with van der Waals surface area (Å²) in [6, 6.07) is 0. The van der Waals surface area contributed by atoms with E-state index in [1.54, 1.807) is 11.9 Å². The highest BCUT2D eigenvalue weighted by molar-refractivity contribution is 5.89. The van der Waals surface area contributed by atoms with E-state index in [1.165, 1.54) is 0 Å². The summed E-state index contributed by atoms with van der Waals surface area (Å²) in [5.74, 6) is 2.20. The number of amides is 2. The number of ether oxygens (including phenoxy) is 1. The molecule has 1 unspecified atom stereocenters. The molecule has 1 aromatic rings. The molecule has 0 saturated carbocycles.